The predicted octanol–water partition coefficient (Wildman–Crippen LogP) is 12.2. The third-order valence-electron chi connectivity index (χ3n) is 9.59. The summed E-state index contributed by atoms with van der Waals surface area (Å²) in [5, 5.41) is 7.37. The van der Waals surface area contributed by atoms with Gasteiger partial charge in [0, 0.05) is 32.8 Å². The standard InChI is InChI=1S/C44H27NO/c1-2-11-30(12-3-1)45-40-19-8-6-15-34(40)38-24-23-28-21-22-29(27-39(28)44(38)45)31-13-4-5-14-32(31)33-25-26-42-43-36(33)17-10-18-37(43)35-16-7-9-20-41(35)46-42/h1-27H. The molecule has 0 bridgehead atoms. The molecular formula is C44H27NO. The molecule has 0 saturated heterocycles. The van der Waals surface area contributed by atoms with Crippen molar-refractivity contribution in [2.45, 2.75) is 0 Å². The van der Waals surface area contributed by atoms with Crippen LogP contribution in [-0.2, 0) is 0 Å². The third-order valence-corrected chi connectivity index (χ3v) is 9.59. The van der Waals surface area contributed by atoms with Crippen molar-refractivity contribution in [2.24, 2.45) is 0 Å². The Morgan fingerprint density at radius 2 is 1.11 bits per heavy atom. The van der Waals surface area contributed by atoms with Crippen LogP contribution >= 0.6 is 0 Å². The maximum atomic E-state index is 6.41. The number of benzene rings is 8. The van der Waals surface area contributed by atoms with Crippen molar-refractivity contribution in [1.29, 1.82) is 0 Å². The summed E-state index contributed by atoms with van der Waals surface area (Å²) in [4.78, 5) is 0. The predicted molar refractivity (Wildman–Crippen MR) is 192 cm³/mol. The van der Waals surface area contributed by atoms with E-state index in [4.69, 9.17) is 4.74 Å². The van der Waals surface area contributed by atoms with Crippen molar-refractivity contribution in [2.75, 3.05) is 0 Å². The lowest BCUT2D eigenvalue weighted by molar-refractivity contribution is 0.487. The molecule has 0 amide bonds. The third kappa shape index (κ3) is 3.59. The molecule has 0 N–H and O–H groups in total. The van der Waals surface area contributed by atoms with Gasteiger partial charge in [-0.05, 0) is 75.0 Å². The molecule has 0 unspecified atom stereocenters. The van der Waals surface area contributed by atoms with Crippen molar-refractivity contribution >= 4 is 43.4 Å². The summed E-state index contributed by atoms with van der Waals surface area (Å²) in [6, 6.07) is 59.0. The Balaban J connectivity index is 1.23. The van der Waals surface area contributed by atoms with Crippen LogP contribution in [0.1, 0.15) is 0 Å². The Kier molecular flexibility index (Phi) is 5.31. The smallest absolute Gasteiger partial charge is 0.135 e. The normalized spacial score (nSPS) is 12.1. The van der Waals surface area contributed by atoms with Crippen LogP contribution in [0, 0.1) is 0 Å². The topological polar surface area (TPSA) is 14.2 Å². The second-order valence-electron chi connectivity index (χ2n) is 12.1. The highest BCUT2D eigenvalue weighted by Gasteiger charge is 2.22. The Labute approximate surface area is 266 Å². The van der Waals surface area contributed by atoms with Crippen LogP contribution in [0.15, 0.2) is 164 Å². The minimum absolute atomic E-state index is 0.908. The second kappa shape index (κ2) is 9.69. The van der Waals surface area contributed by atoms with Gasteiger partial charge in [0.15, 0.2) is 0 Å². The van der Waals surface area contributed by atoms with Crippen molar-refractivity contribution in [3.05, 3.63) is 164 Å². The van der Waals surface area contributed by atoms with Gasteiger partial charge in [-0.3, -0.25) is 0 Å². The van der Waals surface area contributed by atoms with Gasteiger partial charge in [0.05, 0.1) is 11.0 Å². The van der Waals surface area contributed by atoms with Gasteiger partial charge >= 0.3 is 0 Å². The van der Waals surface area contributed by atoms with Gasteiger partial charge in [-0.15, -0.1) is 0 Å². The van der Waals surface area contributed by atoms with E-state index < -0.39 is 0 Å². The first kappa shape index (κ1) is 25.2. The zero-order chi connectivity index (χ0) is 30.2. The first-order valence-corrected chi connectivity index (χ1v) is 15.8. The van der Waals surface area contributed by atoms with Crippen LogP contribution in [0.5, 0.6) is 11.5 Å². The van der Waals surface area contributed by atoms with Gasteiger partial charge < -0.3 is 9.30 Å². The van der Waals surface area contributed by atoms with Crippen molar-refractivity contribution < 1.29 is 4.74 Å². The molecule has 0 aliphatic carbocycles. The molecular weight excluding hydrogens is 558 g/mol. The lowest BCUT2D eigenvalue weighted by Crippen LogP contribution is -1.98. The summed E-state index contributed by atoms with van der Waals surface area (Å²) in [6.07, 6.45) is 0. The van der Waals surface area contributed by atoms with E-state index in [1.165, 1.54) is 76.9 Å². The second-order valence-corrected chi connectivity index (χ2v) is 12.1. The molecule has 2 nitrogen and oxygen atoms in total. The molecule has 10 rings (SSSR count). The number of hydrogen-bond acceptors (Lipinski definition) is 1. The molecule has 1 aromatic heterocycles. The Morgan fingerprint density at radius 1 is 0.391 bits per heavy atom. The van der Waals surface area contributed by atoms with E-state index in [1.807, 2.05) is 12.1 Å². The fourth-order valence-electron chi connectivity index (χ4n) is 7.58. The first-order chi connectivity index (χ1) is 22.8. The fraction of sp³-hybridized carbons (Fsp3) is 0. The number of rotatable bonds is 3. The van der Waals surface area contributed by atoms with E-state index in [0.717, 1.165) is 17.1 Å². The highest BCUT2D eigenvalue weighted by Crippen LogP contribution is 2.49. The zero-order valence-electron chi connectivity index (χ0n) is 24.9. The summed E-state index contributed by atoms with van der Waals surface area (Å²) in [7, 11) is 0. The molecule has 8 aromatic carbocycles. The zero-order valence-corrected chi connectivity index (χ0v) is 24.9. The van der Waals surface area contributed by atoms with E-state index in [1.54, 1.807) is 0 Å². The quantitative estimate of drug-likeness (QED) is 0.201. The van der Waals surface area contributed by atoms with Crippen molar-refractivity contribution in [1.82, 2.24) is 4.57 Å². The lowest BCUT2D eigenvalue weighted by Gasteiger charge is -2.23. The monoisotopic (exact) mass is 585 g/mol. The molecule has 2 heteroatoms. The number of fused-ring (bicyclic) bond motifs is 7. The maximum absolute atomic E-state index is 6.41. The van der Waals surface area contributed by atoms with Gasteiger partial charge in [0.2, 0.25) is 0 Å². The minimum Gasteiger partial charge on any atom is -0.456 e. The molecule has 9 aromatic rings. The van der Waals surface area contributed by atoms with Gasteiger partial charge in [-0.2, -0.15) is 0 Å². The summed E-state index contributed by atoms with van der Waals surface area (Å²) < 4.78 is 8.84. The molecule has 0 radical (unpaired) electrons. The van der Waals surface area contributed by atoms with Crippen LogP contribution in [0.3, 0.4) is 0 Å². The number of para-hydroxylation sites is 3. The molecule has 0 fully saturated rings. The van der Waals surface area contributed by atoms with Gasteiger partial charge in [0.1, 0.15) is 11.5 Å². The Hall–Kier alpha value is -6.12. The number of hydrogen-bond donors (Lipinski definition) is 0. The van der Waals surface area contributed by atoms with E-state index in [2.05, 4.69) is 156 Å². The number of ether oxygens (including phenoxy) is 1. The van der Waals surface area contributed by atoms with E-state index >= 15 is 0 Å². The van der Waals surface area contributed by atoms with Gasteiger partial charge in [-0.25, -0.2) is 0 Å². The van der Waals surface area contributed by atoms with Crippen LogP contribution < -0.4 is 4.74 Å². The summed E-state index contributed by atoms with van der Waals surface area (Å²) in [6.45, 7) is 0. The van der Waals surface area contributed by atoms with E-state index in [-0.39, 0.29) is 0 Å². The van der Waals surface area contributed by atoms with E-state index in [0.29, 0.717) is 0 Å². The lowest BCUT2D eigenvalue weighted by atomic mass is 9.87. The number of nitrogens with zero attached hydrogens (tertiary/aromatic N) is 1. The van der Waals surface area contributed by atoms with Crippen LogP contribution in [0.4, 0.5) is 0 Å². The minimum atomic E-state index is 0.908. The van der Waals surface area contributed by atoms with E-state index in [9.17, 15) is 0 Å². The molecule has 0 saturated carbocycles. The molecule has 0 spiro atoms. The average Bonchev–Trinajstić information content (AvgIpc) is 3.47. The van der Waals surface area contributed by atoms with Crippen molar-refractivity contribution in [3.8, 4) is 50.6 Å². The molecule has 46 heavy (non-hydrogen) atoms. The molecule has 1 aliphatic heterocycles. The number of aromatic nitrogens is 1. The summed E-state index contributed by atoms with van der Waals surface area (Å²) in [5.41, 5.74) is 10.8. The average molecular weight is 586 g/mol. The van der Waals surface area contributed by atoms with Crippen LogP contribution in [-0.4, -0.2) is 4.57 Å². The summed E-state index contributed by atoms with van der Waals surface area (Å²) in [5.74, 6) is 1.82. The fourth-order valence-corrected chi connectivity index (χ4v) is 7.58. The SMILES string of the molecule is c1ccc(-n2c3ccccc3c3ccc4ccc(-c5ccccc5-c5ccc6c7c(cccc57)-c5ccccc5O6)cc4c32)cc1. The van der Waals surface area contributed by atoms with Crippen molar-refractivity contribution in [3.63, 3.8) is 0 Å². The van der Waals surface area contributed by atoms with Crippen LogP contribution in [0.2, 0.25) is 0 Å². The molecule has 2 heterocycles. The Bertz CT molecular complexity index is 2660. The molecule has 214 valence electrons. The summed E-state index contributed by atoms with van der Waals surface area (Å²) >= 11 is 0. The highest BCUT2D eigenvalue weighted by molar-refractivity contribution is 6.19. The van der Waals surface area contributed by atoms with Gasteiger partial charge in [0.25, 0.3) is 0 Å². The maximum Gasteiger partial charge on any atom is 0.135 e. The largest absolute Gasteiger partial charge is 0.456 e. The Morgan fingerprint density at radius 3 is 2.02 bits per heavy atom. The van der Waals surface area contributed by atoms with Crippen LogP contribution in [0.25, 0.3) is 82.4 Å². The van der Waals surface area contributed by atoms with Gasteiger partial charge in [-0.1, -0.05) is 127 Å². The highest BCUT2D eigenvalue weighted by atomic mass is 16.5. The molecule has 0 atom stereocenters. The molecule has 1 aliphatic rings. The first-order valence-electron chi connectivity index (χ1n) is 15.8.